The van der Waals surface area contributed by atoms with Crippen LogP contribution in [0.25, 0.3) is 0 Å². The van der Waals surface area contributed by atoms with Crippen molar-refractivity contribution < 1.29 is 28.3 Å². The molecule has 138 valence electrons. The fourth-order valence-electron chi connectivity index (χ4n) is 1.83. The molecule has 0 spiro atoms. The molecule has 0 aliphatic heterocycles. The first-order valence-electron chi connectivity index (χ1n) is 7.89. The summed E-state index contributed by atoms with van der Waals surface area (Å²) in [6.07, 6.45) is 1.34. The van der Waals surface area contributed by atoms with Gasteiger partial charge >= 0.3 is 5.97 Å². The molecule has 1 atom stereocenters. The van der Waals surface area contributed by atoms with Crippen molar-refractivity contribution in [1.82, 2.24) is 16.0 Å². The lowest BCUT2D eigenvalue weighted by atomic mass is 10.0. The average Bonchev–Trinajstić information content (AvgIpc) is 3.10. The Morgan fingerprint density at radius 1 is 1.16 bits per heavy atom. The number of esters is 1. The second-order valence-corrected chi connectivity index (χ2v) is 5.51. The van der Waals surface area contributed by atoms with Gasteiger partial charge in [0.15, 0.2) is 12.4 Å². The van der Waals surface area contributed by atoms with E-state index >= 15 is 0 Å². The summed E-state index contributed by atoms with van der Waals surface area (Å²) in [7, 11) is 0. The van der Waals surface area contributed by atoms with E-state index in [1.165, 1.54) is 12.3 Å². The third kappa shape index (κ3) is 7.06. The first kappa shape index (κ1) is 20.2. The summed E-state index contributed by atoms with van der Waals surface area (Å²) >= 11 is 0. The van der Waals surface area contributed by atoms with E-state index in [-0.39, 0.29) is 24.1 Å². The molecule has 0 saturated heterocycles. The van der Waals surface area contributed by atoms with Crippen LogP contribution in [0.15, 0.2) is 22.8 Å². The van der Waals surface area contributed by atoms with Crippen molar-refractivity contribution >= 4 is 23.7 Å². The van der Waals surface area contributed by atoms with Gasteiger partial charge < -0.3 is 25.1 Å². The molecule has 0 fully saturated rings. The third-order valence-corrected chi connectivity index (χ3v) is 3.12. The number of amides is 3. The van der Waals surface area contributed by atoms with Crippen molar-refractivity contribution in [3.63, 3.8) is 0 Å². The summed E-state index contributed by atoms with van der Waals surface area (Å²) in [5, 5.41) is 7.35. The first-order chi connectivity index (χ1) is 11.8. The van der Waals surface area contributed by atoms with E-state index in [0.717, 1.165) is 0 Å². The Hall–Kier alpha value is -2.84. The van der Waals surface area contributed by atoms with Crippen LogP contribution in [0.3, 0.4) is 0 Å². The van der Waals surface area contributed by atoms with E-state index in [9.17, 15) is 19.2 Å². The van der Waals surface area contributed by atoms with Crippen molar-refractivity contribution in [2.45, 2.75) is 26.8 Å². The maximum atomic E-state index is 12.1. The summed E-state index contributed by atoms with van der Waals surface area (Å²) in [5.41, 5.74) is 0. The van der Waals surface area contributed by atoms with Crippen molar-refractivity contribution in [1.29, 1.82) is 0 Å². The number of likely N-dealkylation sites (N-methyl/N-ethyl adjacent to an activating group) is 1. The quantitative estimate of drug-likeness (QED) is 0.529. The van der Waals surface area contributed by atoms with E-state index in [4.69, 9.17) is 9.15 Å². The SMILES string of the molecule is CCNC(=O)CNC(=O)COC(=O)[C@@H](NC(=O)c1ccco1)C(C)C. The molecule has 25 heavy (non-hydrogen) atoms. The predicted octanol–water partition coefficient (Wildman–Crippen LogP) is -0.170. The molecule has 9 nitrogen and oxygen atoms in total. The van der Waals surface area contributed by atoms with Crippen molar-refractivity contribution in [2.24, 2.45) is 5.92 Å². The van der Waals surface area contributed by atoms with Crippen molar-refractivity contribution in [3.05, 3.63) is 24.2 Å². The standard InChI is InChI=1S/C16H23N3O6/c1-4-17-12(20)8-18-13(21)9-25-16(23)14(10(2)3)19-15(22)11-6-5-7-24-11/h5-7,10,14H,4,8-9H2,1-3H3,(H,17,20)(H,18,21)(H,19,22)/t14-/m0/s1. The number of carbonyl (C=O) groups is 4. The third-order valence-electron chi connectivity index (χ3n) is 3.12. The summed E-state index contributed by atoms with van der Waals surface area (Å²) in [6.45, 7) is 4.91. The molecule has 1 aromatic heterocycles. The van der Waals surface area contributed by atoms with Gasteiger partial charge in [-0.25, -0.2) is 4.79 Å². The van der Waals surface area contributed by atoms with Crippen molar-refractivity contribution in [3.8, 4) is 0 Å². The smallest absolute Gasteiger partial charge is 0.329 e. The zero-order valence-corrected chi connectivity index (χ0v) is 14.5. The number of furan rings is 1. The topological polar surface area (TPSA) is 127 Å². The number of hydrogen-bond acceptors (Lipinski definition) is 6. The van der Waals surface area contributed by atoms with Crippen LogP contribution >= 0.6 is 0 Å². The molecule has 0 radical (unpaired) electrons. The second kappa shape index (κ2) is 10.1. The van der Waals surface area contributed by atoms with Crippen LogP contribution in [0, 0.1) is 5.92 Å². The van der Waals surface area contributed by atoms with Gasteiger partial charge in [0.1, 0.15) is 6.04 Å². The van der Waals surface area contributed by atoms with Crippen molar-refractivity contribution in [2.75, 3.05) is 19.7 Å². The summed E-state index contributed by atoms with van der Waals surface area (Å²) in [6, 6.07) is 2.08. The van der Waals surface area contributed by atoms with Gasteiger partial charge in [0.05, 0.1) is 12.8 Å². The second-order valence-electron chi connectivity index (χ2n) is 5.51. The van der Waals surface area contributed by atoms with Crippen LogP contribution in [0.4, 0.5) is 0 Å². The summed E-state index contributed by atoms with van der Waals surface area (Å²) < 4.78 is 9.87. The molecule has 1 rings (SSSR count). The lowest BCUT2D eigenvalue weighted by Gasteiger charge is -2.20. The molecule has 1 heterocycles. The molecule has 3 amide bonds. The highest BCUT2D eigenvalue weighted by Crippen LogP contribution is 2.07. The zero-order valence-electron chi connectivity index (χ0n) is 14.5. The Labute approximate surface area is 145 Å². The lowest BCUT2D eigenvalue weighted by molar-refractivity contribution is -0.151. The lowest BCUT2D eigenvalue weighted by Crippen LogP contribution is -2.46. The average molecular weight is 353 g/mol. The Morgan fingerprint density at radius 3 is 2.44 bits per heavy atom. The van der Waals surface area contributed by atoms with E-state index < -0.39 is 30.4 Å². The van der Waals surface area contributed by atoms with E-state index in [1.54, 1.807) is 26.8 Å². The minimum atomic E-state index is -0.936. The number of carbonyl (C=O) groups excluding carboxylic acids is 4. The number of hydrogen-bond donors (Lipinski definition) is 3. The van der Waals surface area contributed by atoms with Gasteiger partial charge in [-0.2, -0.15) is 0 Å². The van der Waals surface area contributed by atoms with Gasteiger partial charge in [0.2, 0.25) is 5.91 Å². The first-order valence-corrected chi connectivity index (χ1v) is 7.89. The number of nitrogens with one attached hydrogen (secondary N) is 3. The molecule has 3 N–H and O–H groups in total. The minimum Gasteiger partial charge on any atom is -0.459 e. The minimum absolute atomic E-state index is 0.0677. The van der Waals surface area contributed by atoms with Gasteiger partial charge in [-0.1, -0.05) is 13.8 Å². The Kier molecular flexibility index (Phi) is 8.17. The zero-order chi connectivity index (χ0) is 18.8. The fourth-order valence-corrected chi connectivity index (χ4v) is 1.83. The normalized spacial score (nSPS) is 11.5. The fraction of sp³-hybridized carbons (Fsp3) is 0.500. The molecule has 0 aromatic carbocycles. The van der Waals surface area contributed by atoms with Gasteiger partial charge in [0.25, 0.3) is 11.8 Å². The molecule has 0 saturated carbocycles. The molecule has 0 unspecified atom stereocenters. The molecule has 9 heteroatoms. The molecule has 0 aliphatic carbocycles. The van der Waals surface area contributed by atoms with Crippen LogP contribution in [-0.4, -0.2) is 49.4 Å². The van der Waals surface area contributed by atoms with Gasteiger partial charge in [-0.15, -0.1) is 0 Å². The maximum Gasteiger partial charge on any atom is 0.329 e. The highest BCUT2D eigenvalue weighted by atomic mass is 16.5. The van der Waals surface area contributed by atoms with E-state index in [0.29, 0.717) is 6.54 Å². The molecular weight excluding hydrogens is 330 g/mol. The van der Waals surface area contributed by atoms with Gasteiger partial charge in [-0.05, 0) is 25.0 Å². The van der Waals surface area contributed by atoms with Crippen LogP contribution in [0.5, 0.6) is 0 Å². The Morgan fingerprint density at radius 2 is 1.88 bits per heavy atom. The maximum absolute atomic E-state index is 12.1. The van der Waals surface area contributed by atoms with E-state index in [2.05, 4.69) is 16.0 Å². The van der Waals surface area contributed by atoms with E-state index in [1.807, 2.05) is 0 Å². The summed E-state index contributed by atoms with van der Waals surface area (Å²) in [4.78, 5) is 46.9. The van der Waals surface area contributed by atoms with Crippen LogP contribution < -0.4 is 16.0 Å². The van der Waals surface area contributed by atoms with Crippen LogP contribution in [0.1, 0.15) is 31.3 Å². The molecule has 0 aliphatic rings. The highest BCUT2D eigenvalue weighted by Gasteiger charge is 2.27. The number of rotatable bonds is 9. The molecule has 0 bridgehead atoms. The Bertz CT molecular complexity index is 597. The largest absolute Gasteiger partial charge is 0.459 e. The van der Waals surface area contributed by atoms with Gasteiger partial charge in [-0.3, -0.25) is 14.4 Å². The number of ether oxygens (including phenoxy) is 1. The monoisotopic (exact) mass is 353 g/mol. The van der Waals surface area contributed by atoms with Gasteiger partial charge in [0, 0.05) is 6.54 Å². The predicted molar refractivity (Wildman–Crippen MR) is 87.5 cm³/mol. The Balaban J connectivity index is 2.47. The molecule has 1 aromatic rings. The van der Waals surface area contributed by atoms with Crippen LogP contribution in [0.2, 0.25) is 0 Å². The highest BCUT2D eigenvalue weighted by molar-refractivity contribution is 5.95. The van der Waals surface area contributed by atoms with Crippen LogP contribution in [-0.2, 0) is 19.1 Å². The molecular formula is C16H23N3O6. The summed E-state index contributed by atoms with van der Waals surface area (Å²) in [5.74, 6) is -2.44.